The van der Waals surface area contributed by atoms with Gasteiger partial charge in [-0.25, -0.2) is 0 Å². The molecule has 23 heavy (non-hydrogen) atoms. The Morgan fingerprint density at radius 1 is 1.17 bits per heavy atom. The fraction of sp³-hybridized carbons (Fsp3) is 0.500. The largest absolute Gasteiger partial charge is 0.491 e. The number of nitrogens with two attached hydrogens (primary N) is 1. The Morgan fingerprint density at radius 2 is 1.65 bits per heavy atom. The molecule has 1 saturated heterocycles. The summed E-state index contributed by atoms with van der Waals surface area (Å²) < 4.78 is 12.2. The number of nitrogen functional groups attached to an aromatic ring is 1. The third-order valence-corrected chi connectivity index (χ3v) is 5.02. The second-order valence-electron chi connectivity index (χ2n) is 6.74. The van der Waals surface area contributed by atoms with E-state index in [1.807, 2.05) is 40.8 Å². The zero-order valence-electron chi connectivity index (χ0n) is 14.2. The van der Waals surface area contributed by atoms with Crippen LogP contribution in [0.25, 0.3) is 6.08 Å². The Morgan fingerprint density at radius 3 is 2.09 bits per heavy atom. The number of hydrogen-bond donors (Lipinski definition) is 2. The maximum absolute atomic E-state index is 6.11. The molecule has 0 unspecified atom stereocenters. The first kappa shape index (κ1) is 18.6. The molecule has 0 aliphatic carbocycles. The van der Waals surface area contributed by atoms with E-state index < -0.39 is 7.12 Å². The van der Waals surface area contributed by atoms with E-state index in [0.717, 1.165) is 11.0 Å². The molecule has 1 fully saturated rings. The lowest BCUT2D eigenvalue weighted by Gasteiger charge is -2.32. The molecule has 4 nitrogen and oxygen atoms in total. The van der Waals surface area contributed by atoms with Crippen LogP contribution in [0.5, 0.6) is 0 Å². The van der Waals surface area contributed by atoms with Crippen LogP contribution in [0.15, 0.2) is 17.6 Å². The first-order valence-electron chi connectivity index (χ1n) is 7.52. The van der Waals surface area contributed by atoms with Crippen molar-refractivity contribution >= 4 is 42.1 Å². The van der Waals surface area contributed by atoms with Crippen molar-refractivity contribution in [1.82, 2.24) is 5.32 Å². The van der Waals surface area contributed by atoms with Crippen LogP contribution in [-0.4, -0.2) is 31.9 Å². The van der Waals surface area contributed by atoms with Crippen LogP contribution in [0.2, 0.25) is 10.0 Å². The molecule has 0 saturated carbocycles. The Balaban J connectivity index is 2.36. The summed E-state index contributed by atoms with van der Waals surface area (Å²) >= 11 is 12.2. The molecule has 0 amide bonds. The standard InChI is InChI=1S/C16H23BCl2N2O2/c1-15(2)16(3,4)23-17(22-15)11(9-21-5)6-10-7-12(18)14(20)13(19)8-10/h6-8,21H,9,20H2,1-5H3. The van der Waals surface area contributed by atoms with Gasteiger partial charge in [-0.3, -0.25) is 0 Å². The molecule has 7 heteroatoms. The van der Waals surface area contributed by atoms with E-state index >= 15 is 0 Å². The van der Waals surface area contributed by atoms with Gasteiger partial charge in [0.1, 0.15) is 0 Å². The van der Waals surface area contributed by atoms with Crippen molar-refractivity contribution in [1.29, 1.82) is 0 Å². The number of hydrogen-bond acceptors (Lipinski definition) is 4. The number of halogens is 2. The van der Waals surface area contributed by atoms with Gasteiger partial charge in [0.25, 0.3) is 0 Å². The first-order chi connectivity index (χ1) is 10.6. The second-order valence-corrected chi connectivity index (χ2v) is 7.55. The minimum Gasteiger partial charge on any atom is -0.400 e. The molecule has 1 aromatic carbocycles. The Labute approximate surface area is 148 Å². The Hall–Kier alpha value is -0.715. The van der Waals surface area contributed by atoms with Gasteiger partial charge in [-0.1, -0.05) is 29.3 Å². The highest BCUT2D eigenvalue weighted by atomic mass is 35.5. The molecule has 126 valence electrons. The number of anilines is 1. The summed E-state index contributed by atoms with van der Waals surface area (Å²) in [6.07, 6.45) is 1.97. The van der Waals surface area contributed by atoms with Crippen LogP contribution < -0.4 is 11.1 Å². The summed E-state index contributed by atoms with van der Waals surface area (Å²) in [5, 5.41) is 4.01. The molecule has 2 rings (SSSR count). The minimum atomic E-state index is -0.428. The van der Waals surface area contributed by atoms with Gasteiger partial charge in [0.2, 0.25) is 0 Å². The van der Waals surface area contributed by atoms with Gasteiger partial charge in [-0.05, 0) is 57.9 Å². The zero-order chi connectivity index (χ0) is 17.4. The van der Waals surface area contributed by atoms with Gasteiger partial charge < -0.3 is 20.4 Å². The molecule has 1 aromatic rings. The van der Waals surface area contributed by atoms with Crippen LogP contribution in [0.4, 0.5) is 5.69 Å². The average Bonchev–Trinajstić information content (AvgIpc) is 2.64. The van der Waals surface area contributed by atoms with Crippen molar-refractivity contribution in [3.05, 3.63) is 33.2 Å². The van der Waals surface area contributed by atoms with E-state index in [1.54, 1.807) is 12.1 Å². The van der Waals surface area contributed by atoms with Gasteiger partial charge in [0, 0.05) is 6.54 Å². The SMILES string of the molecule is CNCC(=Cc1cc(Cl)c(N)c(Cl)c1)B1OC(C)(C)C(C)(C)O1. The molecule has 0 bridgehead atoms. The molecule has 1 aliphatic heterocycles. The number of benzene rings is 1. The molecule has 3 N–H and O–H groups in total. The van der Waals surface area contributed by atoms with Gasteiger partial charge in [-0.2, -0.15) is 0 Å². The van der Waals surface area contributed by atoms with Crippen LogP contribution in [0, 0.1) is 0 Å². The maximum atomic E-state index is 6.11. The van der Waals surface area contributed by atoms with Gasteiger partial charge in [-0.15, -0.1) is 0 Å². The molecule has 0 aromatic heterocycles. The quantitative estimate of drug-likeness (QED) is 0.636. The van der Waals surface area contributed by atoms with E-state index in [1.165, 1.54) is 0 Å². The lowest BCUT2D eigenvalue weighted by molar-refractivity contribution is 0.00578. The topological polar surface area (TPSA) is 56.5 Å². The maximum Gasteiger partial charge on any atom is 0.491 e. The summed E-state index contributed by atoms with van der Waals surface area (Å²) in [6, 6.07) is 3.56. The second kappa shape index (κ2) is 6.65. The fourth-order valence-corrected chi connectivity index (χ4v) is 2.81. The third kappa shape index (κ3) is 3.86. The first-order valence-corrected chi connectivity index (χ1v) is 8.28. The van der Waals surface area contributed by atoms with Crippen molar-refractivity contribution in [3.63, 3.8) is 0 Å². The smallest absolute Gasteiger partial charge is 0.400 e. The van der Waals surface area contributed by atoms with Gasteiger partial charge in [0.15, 0.2) is 0 Å². The van der Waals surface area contributed by atoms with Crippen molar-refractivity contribution in [3.8, 4) is 0 Å². The number of rotatable bonds is 4. The van der Waals surface area contributed by atoms with Crippen molar-refractivity contribution in [2.75, 3.05) is 19.3 Å². The van der Waals surface area contributed by atoms with Crippen molar-refractivity contribution < 1.29 is 9.31 Å². The normalized spacial score (nSPS) is 20.1. The molecule has 0 atom stereocenters. The summed E-state index contributed by atoms with van der Waals surface area (Å²) in [6.45, 7) is 8.74. The highest BCUT2D eigenvalue weighted by Gasteiger charge is 2.52. The summed E-state index contributed by atoms with van der Waals surface area (Å²) in [5.41, 5.74) is 7.21. The summed E-state index contributed by atoms with van der Waals surface area (Å²) in [4.78, 5) is 0. The zero-order valence-corrected chi connectivity index (χ0v) is 15.7. The molecule has 1 heterocycles. The Kier molecular flexibility index (Phi) is 5.39. The predicted molar refractivity (Wildman–Crippen MR) is 98.9 cm³/mol. The van der Waals surface area contributed by atoms with Crippen LogP contribution in [0.1, 0.15) is 33.3 Å². The molecular weight excluding hydrogens is 334 g/mol. The van der Waals surface area contributed by atoms with Crippen LogP contribution in [-0.2, 0) is 9.31 Å². The molecule has 0 spiro atoms. The molecule has 1 aliphatic rings. The fourth-order valence-electron chi connectivity index (χ4n) is 2.30. The lowest BCUT2D eigenvalue weighted by Crippen LogP contribution is -2.41. The third-order valence-electron chi connectivity index (χ3n) is 4.39. The minimum absolute atomic E-state index is 0.385. The van der Waals surface area contributed by atoms with E-state index in [2.05, 4.69) is 5.32 Å². The monoisotopic (exact) mass is 356 g/mol. The van der Waals surface area contributed by atoms with E-state index in [-0.39, 0.29) is 11.2 Å². The highest BCUT2D eigenvalue weighted by Crippen LogP contribution is 2.39. The summed E-state index contributed by atoms with van der Waals surface area (Å²) in [5.74, 6) is 0. The van der Waals surface area contributed by atoms with Gasteiger partial charge >= 0.3 is 7.12 Å². The van der Waals surface area contributed by atoms with Crippen molar-refractivity contribution in [2.24, 2.45) is 0 Å². The average molecular weight is 357 g/mol. The van der Waals surface area contributed by atoms with Crippen LogP contribution in [0.3, 0.4) is 0 Å². The van der Waals surface area contributed by atoms with E-state index in [4.69, 9.17) is 38.2 Å². The Bertz CT molecular complexity index is 594. The number of nitrogens with one attached hydrogen (secondary N) is 1. The number of likely N-dealkylation sites (N-methyl/N-ethyl adjacent to an activating group) is 1. The van der Waals surface area contributed by atoms with Crippen molar-refractivity contribution in [2.45, 2.75) is 38.9 Å². The van der Waals surface area contributed by atoms with E-state index in [0.29, 0.717) is 22.3 Å². The summed E-state index contributed by atoms with van der Waals surface area (Å²) in [7, 11) is 1.45. The highest BCUT2D eigenvalue weighted by molar-refractivity contribution is 6.56. The predicted octanol–water partition coefficient (Wildman–Crippen LogP) is 3.81. The van der Waals surface area contributed by atoms with Gasteiger partial charge in [0.05, 0.1) is 26.9 Å². The molecular formula is C16H23BCl2N2O2. The molecule has 0 radical (unpaired) electrons. The van der Waals surface area contributed by atoms with Crippen LogP contribution >= 0.6 is 23.2 Å². The van der Waals surface area contributed by atoms with E-state index in [9.17, 15) is 0 Å². The lowest BCUT2D eigenvalue weighted by atomic mass is 9.77.